The summed E-state index contributed by atoms with van der Waals surface area (Å²) in [6.07, 6.45) is 1.87. The minimum absolute atomic E-state index is 0.0512. The van der Waals surface area contributed by atoms with Crippen LogP contribution in [0.15, 0.2) is 16.8 Å². The van der Waals surface area contributed by atoms with E-state index >= 15 is 0 Å². The van der Waals surface area contributed by atoms with E-state index in [0.29, 0.717) is 13.0 Å². The number of hydrogen-bond donors (Lipinski definition) is 1. The maximum absolute atomic E-state index is 12.0. The lowest BCUT2D eigenvalue weighted by molar-refractivity contribution is -0.122. The molecule has 124 valence electrons. The number of carbonyl (C=O) groups is 1. The standard InChI is InChI=1S/C17H28N2O2S/c1-13-9-19(10-14(2)21-13)17(3,4)12-18-16(20)6-5-15-7-8-22-11-15/h7-8,11,13-14H,5-6,9-10,12H2,1-4H3,(H,18,20)/t13-,14-/m1/s1. The lowest BCUT2D eigenvalue weighted by Crippen LogP contribution is -2.58. The minimum atomic E-state index is -0.0512. The fraction of sp³-hybridized carbons (Fsp3) is 0.706. The van der Waals surface area contributed by atoms with E-state index in [1.807, 2.05) is 0 Å². The van der Waals surface area contributed by atoms with E-state index in [2.05, 4.69) is 54.7 Å². The summed E-state index contributed by atoms with van der Waals surface area (Å²) >= 11 is 1.68. The van der Waals surface area contributed by atoms with Crippen molar-refractivity contribution in [2.75, 3.05) is 19.6 Å². The van der Waals surface area contributed by atoms with E-state index in [9.17, 15) is 4.79 Å². The topological polar surface area (TPSA) is 41.6 Å². The first-order valence-electron chi connectivity index (χ1n) is 8.05. The Balaban J connectivity index is 1.77. The largest absolute Gasteiger partial charge is 0.373 e. The van der Waals surface area contributed by atoms with Crippen LogP contribution in [0.3, 0.4) is 0 Å². The third-order valence-electron chi connectivity index (χ3n) is 4.21. The maximum Gasteiger partial charge on any atom is 0.220 e. The van der Waals surface area contributed by atoms with Crippen LogP contribution in [-0.4, -0.2) is 48.2 Å². The number of hydrogen-bond acceptors (Lipinski definition) is 4. The molecule has 0 bridgehead atoms. The molecule has 2 rings (SSSR count). The van der Waals surface area contributed by atoms with E-state index in [1.54, 1.807) is 11.3 Å². The molecule has 0 aliphatic carbocycles. The van der Waals surface area contributed by atoms with Crippen molar-refractivity contribution in [3.05, 3.63) is 22.4 Å². The van der Waals surface area contributed by atoms with Crippen molar-refractivity contribution < 1.29 is 9.53 Å². The van der Waals surface area contributed by atoms with Crippen LogP contribution in [0.1, 0.15) is 39.7 Å². The predicted octanol–water partition coefficient (Wildman–Crippen LogP) is 2.68. The molecule has 1 N–H and O–H groups in total. The Hall–Kier alpha value is -0.910. The lowest BCUT2D eigenvalue weighted by Gasteiger charge is -2.45. The molecule has 1 fully saturated rings. The van der Waals surface area contributed by atoms with Gasteiger partial charge in [0.05, 0.1) is 12.2 Å². The quantitative estimate of drug-likeness (QED) is 0.875. The van der Waals surface area contributed by atoms with Gasteiger partial charge in [0.25, 0.3) is 0 Å². The summed E-state index contributed by atoms with van der Waals surface area (Å²) in [4.78, 5) is 14.5. The Bertz CT molecular complexity index is 463. The monoisotopic (exact) mass is 324 g/mol. The first-order chi connectivity index (χ1) is 10.4. The highest BCUT2D eigenvalue weighted by Gasteiger charge is 2.33. The normalized spacial score (nSPS) is 23.5. The number of ether oxygens (including phenoxy) is 1. The molecule has 0 saturated carbocycles. The number of carbonyl (C=O) groups excluding carboxylic acids is 1. The van der Waals surface area contributed by atoms with Gasteiger partial charge in [0.1, 0.15) is 0 Å². The molecule has 5 heteroatoms. The number of aryl methyl sites for hydroxylation is 1. The third kappa shape index (κ3) is 5.07. The molecule has 4 nitrogen and oxygen atoms in total. The summed E-state index contributed by atoms with van der Waals surface area (Å²) in [6, 6.07) is 2.08. The SMILES string of the molecule is C[C@@H]1CN(C(C)(C)CNC(=O)CCc2ccsc2)C[C@@H](C)O1. The van der Waals surface area contributed by atoms with Gasteiger partial charge < -0.3 is 10.1 Å². The van der Waals surface area contributed by atoms with Gasteiger partial charge in [0.15, 0.2) is 0 Å². The zero-order chi connectivity index (χ0) is 16.2. The Morgan fingerprint density at radius 1 is 1.41 bits per heavy atom. The summed E-state index contributed by atoms with van der Waals surface area (Å²) in [6.45, 7) is 11.1. The molecule has 1 aliphatic rings. The number of morpholine rings is 1. The van der Waals surface area contributed by atoms with Crippen molar-refractivity contribution in [3.63, 3.8) is 0 Å². The van der Waals surface area contributed by atoms with E-state index in [4.69, 9.17) is 4.74 Å². The van der Waals surface area contributed by atoms with Crippen LogP contribution in [0.5, 0.6) is 0 Å². The number of rotatable bonds is 6. The van der Waals surface area contributed by atoms with Crippen molar-refractivity contribution in [1.82, 2.24) is 10.2 Å². The van der Waals surface area contributed by atoms with Crippen molar-refractivity contribution in [2.45, 2.75) is 58.3 Å². The highest BCUT2D eigenvalue weighted by molar-refractivity contribution is 7.07. The minimum Gasteiger partial charge on any atom is -0.373 e. The van der Waals surface area contributed by atoms with Gasteiger partial charge in [-0.1, -0.05) is 0 Å². The van der Waals surface area contributed by atoms with E-state index in [0.717, 1.165) is 19.5 Å². The zero-order valence-corrected chi connectivity index (χ0v) is 14.9. The van der Waals surface area contributed by atoms with Gasteiger partial charge in [0, 0.05) is 31.6 Å². The van der Waals surface area contributed by atoms with Gasteiger partial charge in [-0.25, -0.2) is 0 Å². The van der Waals surface area contributed by atoms with Gasteiger partial charge >= 0.3 is 0 Å². The molecule has 0 radical (unpaired) electrons. The second kappa shape index (κ2) is 7.57. The summed E-state index contributed by atoms with van der Waals surface area (Å²) < 4.78 is 5.79. The number of thiophene rings is 1. The smallest absolute Gasteiger partial charge is 0.220 e. The van der Waals surface area contributed by atoms with Gasteiger partial charge in [-0.3, -0.25) is 9.69 Å². The van der Waals surface area contributed by atoms with E-state index in [1.165, 1.54) is 5.56 Å². The summed E-state index contributed by atoms with van der Waals surface area (Å²) in [5.41, 5.74) is 1.19. The Morgan fingerprint density at radius 2 is 2.09 bits per heavy atom. The van der Waals surface area contributed by atoms with Gasteiger partial charge in [-0.05, 0) is 56.5 Å². The molecule has 0 unspecified atom stereocenters. The lowest BCUT2D eigenvalue weighted by atomic mass is 10.00. The highest BCUT2D eigenvalue weighted by Crippen LogP contribution is 2.20. The summed E-state index contributed by atoms with van der Waals surface area (Å²) in [7, 11) is 0. The highest BCUT2D eigenvalue weighted by atomic mass is 32.1. The summed E-state index contributed by atoms with van der Waals surface area (Å²) in [5.74, 6) is 0.133. The predicted molar refractivity (Wildman–Crippen MR) is 91.3 cm³/mol. The Morgan fingerprint density at radius 3 is 2.68 bits per heavy atom. The van der Waals surface area contributed by atoms with E-state index in [-0.39, 0.29) is 23.7 Å². The fourth-order valence-electron chi connectivity index (χ4n) is 2.88. The molecule has 1 amide bonds. The molecule has 1 saturated heterocycles. The second-order valence-corrected chi connectivity index (χ2v) is 7.66. The molecule has 1 aliphatic heterocycles. The Kier molecular flexibility index (Phi) is 6.01. The number of amides is 1. The second-order valence-electron chi connectivity index (χ2n) is 6.88. The molecule has 0 aromatic carbocycles. The molecule has 2 heterocycles. The van der Waals surface area contributed by atoms with Gasteiger partial charge in [-0.2, -0.15) is 11.3 Å². The van der Waals surface area contributed by atoms with Crippen LogP contribution in [0.25, 0.3) is 0 Å². The fourth-order valence-corrected chi connectivity index (χ4v) is 3.58. The van der Waals surface area contributed by atoms with Crippen molar-refractivity contribution in [2.24, 2.45) is 0 Å². The first-order valence-corrected chi connectivity index (χ1v) is 8.99. The average molecular weight is 324 g/mol. The molecular weight excluding hydrogens is 296 g/mol. The molecule has 1 aromatic heterocycles. The molecule has 2 atom stereocenters. The van der Waals surface area contributed by atoms with Crippen molar-refractivity contribution >= 4 is 17.2 Å². The van der Waals surface area contributed by atoms with E-state index < -0.39 is 0 Å². The average Bonchev–Trinajstić information content (AvgIpc) is 2.95. The zero-order valence-electron chi connectivity index (χ0n) is 14.1. The maximum atomic E-state index is 12.0. The third-order valence-corrected chi connectivity index (χ3v) is 4.95. The van der Waals surface area contributed by atoms with Crippen LogP contribution in [0.2, 0.25) is 0 Å². The Labute approximate surface area is 137 Å². The molecule has 22 heavy (non-hydrogen) atoms. The number of nitrogens with zero attached hydrogens (tertiary/aromatic N) is 1. The summed E-state index contributed by atoms with van der Waals surface area (Å²) in [5, 5.41) is 7.25. The van der Waals surface area contributed by atoms with Gasteiger partial charge in [-0.15, -0.1) is 0 Å². The van der Waals surface area contributed by atoms with Crippen LogP contribution >= 0.6 is 11.3 Å². The molecule has 0 spiro atoms. The van der Waals surface area contributed by atoms with Crippen LogP contribution < -0.4 is 5.32 Å². The number of nitrogens with one attached hydrogen (secondary N) is 1. The molecular formula is C17H28N2O2S. The van der Waals surface area contributed by atoms with Crippen LogP contribution in [-0.2, 0) is 16.0 Å². The van der Waals surface area contributed by atoms with Crippen molar-refractivity contribution in [1.29, 1.82) is 0 Å². The molecule has 1 aromatic rings. The van der Waals surface area contributed by atoms with Crippen LogP contribution in [0.4, 0.5) is 0 Å². The van der Waals surface area contributed by atoms with Gasteiger partial charge in [0.2, 0.25) is 5.91 Å². The van der Waals surface area contributed by atoms with Crippen molar-refractivity contribution in [3.8, 4) is 0 Å². The van der Waals surface area contributed by atoms with Crippen LogP contribution in [0, 0.1) is 0 Å². The first kappa shape index (κ1) is 17.4.